The summed E-state index contributed by atoms with van der Waals surface area (Å²) in [4.78, 5) is 20.4. The van der Waals surface area contributed by atoms with Crippen LogP contribution in [0, 0.1) is 5.82 Å². The van der Waals surface area contributed by atoms with Crippen molar-refractivity contribution in [2.75, 3.05) is 6.61 Å². The maximum atomic E-state index is 13.6. The molecule has 4 aromatic rings. The van der Waals surface area contributed by atoms with E-state index >= 15 is 0 Å². The van der Waals surface area contributed by atoms with Crippen LogP contribution in [0.4, 0.5) is 4.39 Å². The largest absolute Gasteiger partial charge is 0.461 e. The zero-order valence-corrected chi connectivity index (χ0v) is 15.8. The summed E-state index contributed by atoms with van der Waals surface area (Å²) in [5.74, 6) is -0.766. The highest BCUT2D eigenvalue weighted by atomic mass is 19.1. The second kappa shape index (κ2) is 8.43. The highest BCUT2D eigenvalue weighted by Crippen LogP contribution is 2.26. The van der Waals surface area contributed by atoms with Gasteiger partial charge in [0.2, 0.25) is 5.69 Å². The molecular formula is C20H15FN6O3. The molecule has 0 bridgehead atoms. The summed E-state index contributed by atoms with van der Waals surface area (Å²) in [7, 11) is 0. The van der Waals surface area contributed by atoms with Gasteiger partial charge in [0.25, 0.3) is 5.88 Å². The standard InChI is InChI=1S/C20H15FN6O3/c1-2-29-20(28)17-19(24-18(26-25-17)13-4-3-5-14(21)10-13)30-16-8-6-15(7-9-16)27-12-22-11-23-27/h3-12H,2H2,1H3. The summed E-state index contributed by atoms with van der Waals surface area (Å²) in [5.41, 5.74) is 0.980. The number of carbonyl (C=O) groups is 1. The van der Waals surface area contributed by atoms with E-state index in [0.29, 0.717) is 11.3 Å². The Morgan fingerprint density at radius 2 is 1.97 bits per heavy atom. The first-order valence-corrected chi connectivity index (χ1v) is 8.94. The molecule has 0 aliphatic heterocycles. The van der Waals surface area contributed by atoms with E-state index in [0.717, 1.165) is 5.69 Å². The van der Waals surface area contributed by atoms with Crippen molar-refractivity contribution in [3.63, 3.8) is 0 Å². The molecule has 2 aromatic carbocycles. The van der Waals surface area contributed by atoms with Gasteiger partial charge >= 0.3 is 5.97 Å². The van der Waals surface area contributed by atoms with Crippen molar-refractivity contribution in [3.05, 3.63) is 72.7 Å². The van der Waals surface area contributed by atoms with Gasteiger partial charge in [-0.3, -0.25) is 0 Å². The summed E-state index contributed by atoms with van der Waals surface area (Å²) in [5, 5.41) is 11.9. The van der Waals surface area contributed by atoms with Crippen molar-refractivity contribution in [2.24, 2.45) is 0 Å². The van der Waals surface area contributed by atoms with Crippen molar-refractivity contribution in [1.82, 2.24) is 29.9 Å². The molecule has 9 nitrogen and oxygen atoms in total. The molecule has 0 saturated heterocycles. The zero-order valence-electron chi connectivity index (χ0n) is 15.8. The third-order valence-electron chi connectivity index (χ3n) is 3.94. The first kappa shape index (κ1) is 19.1. The third-order valence-corrected chi connectivity index (χ3v) is 3.94. The van der Waals surface area contributed by atoms with Gasteiger partial charge in [0.1, 0.15) is 24.2 Å². The SMILES string of the molecule is CCOC(=O)c1nnc(-c2cccc(F)c2)nc1Oc1ccc(-n2cncn2)cc1. The number of ether oxygens (including phenoxy) is 2. The van der Waals surface area contributed by atoms with Gasteiger partial charge in [-0.05, 0) is 43.3 Å². The molecule has 0 atom stereocenters. The lowest BCUT2D eigenvalue weighted by Gasteiger charge is -2.10. The second-order valence-corrected chi connectivity index (χ2v) is 5.96. The topological polar surface area (TPSA) is 105 Å². The van der Waals surface area contributed by atoms with Gasteiger partial charge in [0.05, 0.1) is 12.3 Å². The minimum Gasteiger partial charge on any atom is -0.461 e. The molecule has 2 aromatic heterocycles. The Bertz CT molecular complexity index is 1170. The van der Waals surface area contributed by atoms with E-state index < -0.39 is 11.8 Å². The van der Waals surface area contributed by atoms with Crippen LogP contribution in [0.15, 0.2) is 61.2 Å². The molecule has 0 unspecified atom stereocenters. The molecule has 0 radical (unpaired) electrons. The number of esters is 1. The minimum atomic E-state index is -0.725. The van der Waals surface area contributed by atoms with E-state index in [4.69, 9.17) is 9.47 Å². The Morgan fingerprint density at radius 3 is 2.67 bits per heavy atom. The predicted octanol–water partition coefficient (Wildman–Crippen LogP) is 3.23. The van der Waals surface area contributed by atoms with E-state index in [2.05, 4.69) is 25.3 Å². The van der Waals surface area contributed by atoms with Crippen molar-refractivity contribution >= 4 is 5.97 Å². The Kier molecular flexibility index (Phi) is 5.37. The third kappa shape index (κ3) is 4.12. The number of halogens is 1. The first-order valence-electron chi connectivity index (χ1n) is 8.94. The van der Waals surface area contributed by atoms with E-state index in [-0.39, 0.29) is 24.0 Å². The summed E-state index contributed by atoms with van der Waals surface area (Å²) in [6.45, 7) is 1.82. The number of hydrogen-bond donors (Lipinski definition) is 0. The fraction of sp³-hybridized carbons (Fsp3) is 0.100. The van der Waals surface area contributed by atoms with Gasteiger partial charge in [-0.1, -0.05) is 12.1 Å². The molecule has 0 amide bonds. The Balaban J connectivity index is 1.68. The van der Waals surface area contributed by atoms with Gasteiger partial charge in [0.15, 0.2) is 5.82 Å². The van der Waals surface area contributed by atoms with E-state index in [9.17, 15) is 9.18 Å². The Hall–Kier alpha value is -4.21. The smallest absolute Gasteiger partial charge is 0.364 e. The lowest BCUT2D eigenvalue weighted by atomic mass is 10.2. The van der Waals surface area contributed by atoms with Crippen LogP contribution in [-0.2, 0) is 4.74 Å². The van der Waals surface area contributed by atoms with Crippen molar-refractivity contribution in [2.45, 2.75) is 6.92 Å². The van der Waals surface area contributed by atoms with Crippen molar-refractivity contribution in [1.29, 1.82) is 0 Å². The average Bonchev–Trinajstić information content (AvgIpc) is 3.29. The summed E-state index contributed by atoms with van der Waals surface area (Å²) < 4.78 is 25.9. The molecule has 4 rings (SSSR count). The van der Waals surface area contributed by atoms with Crippen LogP contribution in [0.3, 0.4) is 0 Å². The molecule has 0 fully saturated rings. The minimum absolute atomic E-state index is 0.101. The number of rotatable bonds is 6. The number of hydrogen-bond acceptors (Lipinski definition) is 8. The number of benzene rings is 2. The van der Waals surface area contributed by atoms with E-state index in [1.807, 2.05) is 0 Å². The summed E-state index contributed by atoms with van der Waals surface area (Å²) in [6.07, 6.45) is 2.99. The maximum absolute atomic E-state index is 13.6. The van der Waals surface area contributed by atoms with Crippen LogP contribution >= 0.6 is 0 Å². The molecule has 10 heteroatoms. The maximum Gasteiger partial charge on any atom is 0.364 e. The van der Waals surface area contributed by atoms with Crippen LogP contribution in [0.25, 0.3) is 17.1 Å². The normalized spacial score (nSPS) is 10.6. The fourth-order valence-electron chi connectivity index (χ4n) is 2.58. The summed E-state index contributed by atoms with van der Waals surface area (Å²) in [6, 6.07) is 12.6. The molecule has 150 valence electrons. The van der Waals surface area contributed by atoms with E-state index in [1.165, 1.54) is 24.5 Å². The predicted molar refractivity (Wildman–Crippen MR) is 103 cm³/mol. The highest BCUT2D eigenvalue weighted by molar-refractivity contribution is 5.89. The zero-order chi connectivity index (χ0) is 20.9. The molecule has 0 N–H and O–H groups in total. The van der Waals surface area contributed by atoms with Crippen LogP contribution in [0.2, 0.25) is 0 Å². The monoisotopic (exact) mass is 406 g/mol. The van der Waals surface area contributed by atoms with Crippen LogP contribution < -0.4 is 4.74 Å². The van der Waals surface area contributed by atoms with Gasteiger partial charge in [-0.2, -0.15) is 10.1 Å². The van der Waals surface area contributed by atoms with Crippen LogP contribution in [0.5, 0.6) is 11.6 Å². The Morgan fingerprint density at radius 1 is 1.13 bits per heavy atom. The number of aromatic nitrogens is 6. The van der Waals surface area contributed by atoms with Gasteiger partial charge in [-0.25, -0.2) is 18.9 Å². The van der Waals surface area contributed by atoms with Gasteiger partial charge < -0.3 is 9.47 Å². The van der Waals surface area contributed by atoms with Crippen LogP contribution in [-0.4, -0.2) is 42.5 Å². The number of carbonyl (C=O) groups excluding carboxylic acids is 1. The summed E-state index contributed by atoms with van der Waals surface area (Å²) >= 11 is 0. The lowest BCUT2D eigenvalue weighted by Crippen LogP contribution is -2.12. The molecule has 0 aliphatic carbocycles. The highest BCUT2D eigenvalue weighted by Gasteiger charge is 2.21. The molecule has 0 aliphatic rings. The second-order valence-electron chi connectivity index (χ2n) is 5.96. The molecular weight excluding hydrogens is 391 g/mol. The molecule has 0 spiro atoms. The van der Waals surface area contributed by atoms with Gasteiger partial charge in [-0.15, -0.1) is 10.2 Å². The van der Waals surface area contributed by atoms with Crippen molar-refractivity contribution in [3.8, 4) is 28.7 Å². The first-order chi connectivity index (χ1) is 14.6. The molecule has 2 heterocycles. The fourth-order valence-corrected chi connectivity index (χ4v) is 2.58. The number of nitrogens with zero attached hydrogens (tertiary/aromatic N) is 6. The van der Waals surface area contributed by atoms with E-state index in [1.54, 1.807) is 48.3 Å². The van der Waals surface area contributed by atoms with Crippen molar-refractivity contribution < 1.29 is 18.7 Å². The molecule has 0 saturated carbocycles. The lowest BCUT2D eigenvalue weighted by molar-refractivity contribution is 0.0514. The molecule has 30 heavy (non-hydrogen) atoms. The average molecular weight is 406 g/mol. The van der Waals surface area contributed by atoms with Gasteiger partial charge in [0, 0.05) is 5.56 Å². The quantitative estimate of drug-likeness (QED) is 0.450. The van der Waals surface area contributed by atoms with Crippen LogP contribution in [0.1, 0.15) is 17.4 Å². The Labute approximate surface area is 170 Å².